The number of carbonyl (C=O) groups is 4. The third-order valence-corrected chi connectivity index (χ3v) is 5.68. The lowest BCUT2D eigenvalue weighted by atomic mass is 10.0. The average Bonchev–Trinajstić information content (AvgIpc) is 2.86. The van der Waals surface area contributed by atoms with E-state index in [4.69, 9.17) is 10.5 Å². The van der Waals surface area contributed by atoms with Crippen molar-refractivity contribution in [3.63, 3.8) is 0 Å². The molecule has 3 rings (SSSR count). The maximum Gasteiger partial charge on any atom is 0.408 e. The van der Waals surface area contributed by atoms with Crippen molar-refractivity contribution in [2.75, 3.05) is 11.9 Å². The van der Waals surface area contributed by atoms with Crippen LogP contribution in [0, 0.1) is 11.3 Å². The zero-order valence-electron chi connectivity index (χ0n) is 22.4. The van der Waals surface area contributed by atoms with E-state index in [-0.39, 0.29) is 11.3 Å². The number of rotatable bonds is 9. The van der Waals surface area contributed by atoms with Crippen molar-refractivity contribution in [3.05, 3.63) is 72.3 Å². The Morgan fingerprint density at radius 2 is 1.73 bits per heavy atom. The minimum atomic E-state index is -1.53. The number of aromatic hydroxyl groups is 1. The number of ether oxygens (including phenoxy) is 1. The molecule has 0 saturated carbocycles. The predicted octanol–water partition coefficient (Wildman–Crippen LogP) is 3.35. The highest BCUT2D eigenvalue weighted by atomic mass is 16.6. The van der Waals surface area contributed by atoms with E-state index in [0.717, 1.165) is 15.7 Å². The summed E-state index contributed by atoms with van der Waals surface area (Å²) in [6.07, 6.45) is -1.60. The lowest BCUT2D eigenvalue weighted by Crippen LogP contribution is -2.53. The molecular weight excluding hydrogens is 514 g/mol. The monoisotopic (exact) mass is 545 g/mol. The summed E-state index contributed by atoms with van der Waals surface area (Å²) in [4.78, 5) is 52.7. The number of anilines is 1. The molecule has 4 amide bonds. The van der Waals surface area contributed by atoms with Crippen LogP contribution in [0.1, 0.15) is 38.8 Å². The first kappa shape index (κ1) is 29.4. The third-order valence-electron chi connectivity index (χ3n) is 5.68. The smallest absolute Gasteiger partial charge is 0.408 e. The normalized spacial score (nSPS) is 12.4. The number of nitriles is 1. The van der Waals surface area contributed by atoms with E-state index in [1.165, 1.54) is 24.3 Å². The molecule has 0 aliphatic heterocycles. The molecule has 11 nitrogen and oxygen atoms in total. The van der Waals surface area contributed by atoms with Gasteiger partial charge in [-0.1, -0.05) is 42.5 Å². The molecule has 0 spiro atoms. The maximum atomic E-state index is 13.8. The second-order valence-electron chi connectivity index (χ2n) is 10.0. The van der Waals surface area contributed by atoms with Crippen LogP contribution < -0.4 is 16.4 Å². The van der Waals surface area contributed by atoms with Gasteiger partial charge in [0, 0.05) is 5.69 Å². The number of carbonyl (C=O) groups excluding carboxylic acids is 4. The van der Waals surface area contributed by atoms with E-state index >= 15 is 0 Å². The summed E-state index contributed by atoms with van der Waals surface area (Å²) in [6.45, 7) is 4.27. The standard InChI is InChI=1S/C29H31N5O6/c1-29(2,3)40-28(39)33-23(17-24(31)36)27(38)34(14-13-30)25(20-9-6-10-22(35)16-20)26(37)32-21-12-11-18-7-4-5-8-19(18)15-21/h4-12,15-16,23,25,35H,14,17H2,1-3H3,(H2,31,36)(H,32,37)(H,33,39). The van der Waals surface area contributed by atoms with Gasteiger partial charge in [-0.3, -0.25) is 14.4 Å². The fourth-order valence-corrected chi connectivity index (χ4v) is 4.07. The molecule has 0 aromatic heterocycles. The van der Waals surface area contributed by atoms with Gasteiger partial charge >= 0.3 is 6.09 Å². The highest BCUT2D eigenvalue weighted by Crippen LogP contribution is 2.28. The number of phenols is 1. The lowest BCUT2D eigenvalue weighted by molar-refractivity contribution is -0.141. The molecule has 0 saturated heterocycles. The van der Waals surface area contributed by atoms with Gasteiger partial charge in [-0.05, 0) is 61.4 Å². The van der Waals surface area contributed by atoms with E-state index in [2.05, 4.69) is 10.6 Å². The van der Waals surface area contributed by atoms with Crippen LogP contribution in [0.15, 0.2) is 66.7 Å². The Kier molecular flexibility index (Phi) is 9.29. The molecule has 0 fully saturated rings. The number of nitrogens with two attached hydrogens (primary N) is 1. The maximum absolute atomic E-state index is 13.8. The quantitative estimate of drug-likeness (QED) is 0.298. The van der Waals surface area contributed by atoms with Crippen LogP contribution in [0.5, 0.6) is 5.75 Å². The fourth-order valence-electron chi connectivity index (χ4n) is 4.07. The number of fused-ring (bicyclic) bond motifs is 1. The Morgan fingerprint density at radius 1 is 1.02 bits per heavy atom. The van der Waals surface area contributed by atoms with Crippen LogP contribution in [0.3, 0.4) is 0 Å². The van der Waals surface area contributed by atoms with Gasteiger partial charge in [0.05, 0.1) is 12.5 Å². The molecule has 0 aliphatic rings. The molecule has 0 radical (unpaired) electrons. The molecular formula is C29H31N5O6. The number of phenolic OH excluding ortho intramolecular Hbond substituents is 1. The zero-order valence-corrected chi connectivity index (χ0v) is 22.4. The lowest BCUT2D eigenvalue weighted by Gasteiger charge is -2.32. The van der Waals surface area contributed by atoms with E-state index < -0.39 is 54.5 Å². The zero-order chi connectivity index (χ0) is 29.4. The van der Waals surface area contributed by atoms with Crippen molar-refractivity contribution >= 4 is 40.3 Å². The third kappa shape index (κ3) is 7.94. The summed E-state index contributed by atoms with van der Waals surface area (Å²) in [5.41, 5.74) is 5.06. The van der Waals surface area contributed by atoms with Gasteiger partial charge in [0.2, 0.25) is 11.8 Å². The first-order valence-electron chi connectivity index (χ1n) is 12.4. The van der Waals surface area contributed by atoms with Crippen molar-refractivity contribution in [2.24, 2.45) is 5.73 Å². The molecule has 208 valence electrons. The summed E-state index contributed by atoms with van der Waals surface area (Å²) in [5, 5.41) is 26.6. The number of nitrogens with zero attached hydrogens (tertiary/aromatic N) is 2. The van der Waals surface area contributed by atoms with Crippen molar-refractivity contribution in [1.82, 2.24) is 10.2 Å². The molecule has 3 aromatic carbocycles. The van der Waals surface area contributed by atoms with Crippen molar-refractivity contribution in [1.29, 1.82) is 5.26 Å². The van der Waals surface area contributed by atoms with Crippen LogP contribution in [-0.4, -0.2) is 52.0 Å². The first-order valence-corrected chi connectivity index (χ1v) is 12.4. The fraction of sp³-hybridized carbons (Fsp3) is 0.276. The van der Waals surface area contributed by atoms with E-state index in [1.807, 2.05) is 36.4 Å². The topological polar surface area (TPSA) is 175 Å². The van der Waals surface area contributed by atoms with Crippen molar-refractivity contribution < 1.29 is 29.0 Å². The van der Waals surface area contributed by atoms with E-state index in [1.54, 1.807) is 32.9 Å². The van der Waals surface area contributed by atoms with Crippen molar-refractivity contribution in [2.45, 2.75) is 44.9 Å². The van der Waals surface area contributed by atoms with Gasteiger partial charge < -0.3 is 31.1 Å². The minimum absolute atomic E-state index is 0.175. The summed E-state index contributed by atoms with van der Waals surface area (Å²) < 4.78 is 5.21. The minimum Gasteiger partial charge on any atom is -0.508 e. The average molecular weight is 546 g/mol. The SMILES string of the molecule is CC(C)(C)OC(=O)NC(CC(N)=O)C(=O)N(CC#N)C(C(=O)Nc1ccc2ccccc2c1)c1cccc(O)c1. The Bertz CT molecular complexity index is 1460. The summed E-state index contributed by atoms with van der Waals surface area (Å²) >= 11 is 0. The van der Waals surface area contributed by atoms with Gasteiger partial charge in [-0.2, -0.15) is 5.26 Å². The predicted molar refractivity (Wildman–Crippen MR) is 148 cm³/mol. The molecule has 3 aromatic rings. The molecule has 0 aliphatic carbocycles. The summed E-state index contributed by atoms with van der Waals surface area (Å²) in [7, 11) is 0. The number of primary amides is 1. The van der Waals surface area contributed by atoms with Gasteiger partial charge in [-0.15, -0.1) is 0 Å². The number of alkyl carbamates (subject to hydrolysis) is 1. The number of hydrogen-bond donors (Lipinski definition) is 4. The number of amides is 4. The molecule has 2 atom stereocenters. The summed E-state index contributed by atoms with van der Waals surface area (Å²) in [6, 6.07) is 17.4. The Balaban J connectivity index is 2.01. The van der Waals surface area contributed by atoms with E-state index in [0.29, 0.717) is 5.69 Å². The molecule has 11 heteroatoms. The van der Waals surface area contributed by atoms with Gasteiger partial charge in [0.15, 0.2) is 0 Å². The number of nitrogens with one attached hydrogen (secondary N) is 2. The Morgan fingerprint density at radius 3 is 2.35 bits per heavy atom. The molecule has 5 N–H and O–H groups in total. The molecule has 2 unspecified atom stereocenters. The second-order valence-corrected chi connectivity index (χ2v) is 10.0. The van der Waals surface area contributed by atoms with Crippen LogP contribution in [-0.2, 0) is 19.1 Å². The van der Waals surface area contributed by atoms with Gasteiger partial charge in [-0.25, -0.2) is 4.79 Å². The van der Waals surface area contributed by atoms with E-state index in [9.17, 15) is 29.5 Å². The van der Waals surface area contributed by atoms with Gasteiger partial charge in [0.1, 0.15) is 30.0 Å². The van der Waals surface area contributed by atoms with Crippen LogP contribution in [0.25, 0.3) is 10.8 Å². The van der Waals surface area contributed by atoms with Crippen LogP contribution in [0.4, 0.5) is 10.5 Å². The Hall–Kier alpha value is -5.11. The van der Waals surface area contributed by atoms with Crippen molar-refractivity contribution in [3.8, 4) is 11.8 Å². The first-order chi connectivity index (χ1) is 18.9. The Labute approximate surface area is 231 Å². The summed E-state index contributed by atoms with van der Waals surface area (Å²) in [5.74, 6) is -2.69. The molecule has 0 heterocycles. The van der Waals surface area contributed by atoms with Crippen LogP contribution in [0.2, 0.25) is 0 Å². The number of benzene rings is 3. The molecule has 40 heavy (non-hydrogen) atoms. The van der Waals surface area contributed by atoms with Crippen LogP contribution >= 0.6 is 0 Å². The molecule has 0 bridgehead atoms. The largest absolute Gasteiger partial charge is 0.508 e. The highest BCUT2D eigenvalue weighted by molar-refractivity contribution is 6.01. The number of hydrogen-bond acceptors (Lipinski definition) is 7. The highest BCUT2D eigenvalue weighted by Gasteiger charge is 2.37. The van der Waals surface area contributed by atoms with Gasteiger partial charge in [0.25, 0.3) is 5.91 Å². The second kappa shape index (κ2) is 12.6.